The van der Waals surface area contributed by atoms with Gasteiger partial charge in [-0.05, 0) is 12.1 Å². The summed E-state index contributed by atoms with van der Waals surface area (Å²) in [6.45, 7) is 4.09. The van der Waals surface area contributed by atoms with Crippen molar-refractivity contribution in [3.63, 3.8) is 0 Å². The molecule has 3 fully saturated rings. The Bertz CT molecular complexity index is 559. The summed E-state index contributed by atoms with van der Waals surface area (Å²) in [5, 5.41) is 0. The fraction of sp³-hybridized carbons (Fsp3) is 0.588. The molecule has 0 spiro atoms. The zero-order valence-electron chi connectivity index (χ0n) is 12.5. The number of fused-ring (bicyclic) bond motifs is 2. The number of aromatic nitrogens is 1. The van der Waals surface area contributed by atoms with E-state index in [4.69, 9.17) is 11.2 Å². The van der Waals surface area contributed by atoms with Crippen molar-refractivity contribution in [1.29, 1.82) is 0 Å². The monoisotopic (exact) mass is 284 g/mol. The standard InChI is InChI=1S/C17H22N3O/c1-3-13-4-7-17(18-8-13)19-9-14-5-6-15(10-19)20(14,2)16-11-21-12-16/h1,4,7-8,14-16H,5-6,9-12H2,2H3/q+1. The third kappa shape index (κ3) is 1.88. The quantitative estimate of drug-likeness (QED) is 0.604. The van der Waals surface area contributed by atoms with Crippen LogP contribution in [0.2, 0.25) is 0 Å². The summed E-state index contributed by atoms with van der Waals surface area (Å²) in [7, 11) is 2.45. The molecule has 2 bridgehead atoms. The Morgan fingerprint density at radius 1 is 1.24 bits per heavy atom. The van der Waals surface area contributed by atoms with Crippen LogP contribution in [0.4, 0.5) is 5.82 Å². The number of quaternary nitrogens is 1. The highest BCUT2D eigenvalue weighted by Crippen LogP contribution is 2.41. The predicted molar refractivity (Wildman–Crippen MR) is 82.0 cm³/mol. The van der Waals surface area contributed by atoms with Crippen LogP contribution < -0.4 is 4.90 Å². The Morgan fingerprint density at radius 3 is 2.43 bits per heavy atom. The SMILES string of the molecule is C#Cc1ccc(N2CC3CCC(C2)[N+]3(C)C2COC2)nc1. The Labute approximate surface area is 126 Å². The van der Waals surface area contributed by atoms with Gasteiger partial charge in [-0.2, -0.15) is 0 Å². The highest BCUT2D eigenvalue weighted by Gasteiger charge is 2.56. The normalized spacial score (nSPS) is 35.3. The van der Waals surface area contributed by atoms with E-state index in [2.05, 4.69) is 28.9 Å². The molecular weight excluding hydrogens is 262 g/mol. The van der Waals surface area contributed by atoms with Crippen LogP contribution >= 0.6 is 0 Å². The smallest absolute Gasteiger partial charge is 0.137 e. The van der Waals surface area contributed by atoms with E-state index in [0.717, 1.165) is 37.7 Å². The molecule has 0 saturated carbocycles. The van der Waals surface area contributed by atoms with E-state index in [-0.39, 0.29) is 0 Å². The molecule has 4 heterocycles. The van der Waals surface area contributed by atoms with Gasteiger partial charge in [0.05, 0.1) is 20.1 Å². The first-order valence-electron chi connectivity index (χ1n) is 7.82. The predicted octanol–water partition coefficient (Wildman–Crippen LogP) is 1.26. The third-order valence-corrected chi connectivity index (χ3v) is 5.91. The summed E-state index contributed by atoms with van der Waals surface area (Å²) in [6.07, 6.45) is 9.87. The molecule has 4 nitrogen and oxygen atoms in total. The number of rotatable bonds is 2. The fourth-order valence-electron chi connectivity index (χ4n) is 4.34. The van der Waals surface area contributed by atoms with Crippen LogP contribution in [0.25, 0.3) is 0 Å². The number of hydrogen-bond donors (Lipinski definition) is 0. The van der Waals surface area contributed by atoms with Crippen LogP contribution in [0.5, 0.6) is 0 Å². The minimum absolute atomic E-state index is 0.710. The van der Waals surface area contributed by atoms with Gasteiger partial charge in [0.2, 0.25) is 0 Å². The Hall–Kier alpha value is -1.57. The van der Waals surface area contributed by atoms with Gasteiger partial charge in [0.25, 0.3) is 0 Å². The van der Waals surface area contributed by atoms with Crippen LogP contribution in [0.15, 0.2) is 18.3 Å². The Balaban J connectivity index is 1.55. The molecule has 0 radical (unpaired) electrons. The lowest BCUT2D eigenvalue weighted by atomic mass is 10.0. The number of ether oxygens (including phenoxy) is 1. The van der Waals surface area contributed by atoms with Gasteiger partial charge in [0, 0.05) is 24.6 Å². The summed E-state index contributed by atoms with van der Waals surface area (Å²) >= 11 is 0. The lowest BCUT2D eigenvalue weighted by Gasteiger charge is -2.54. The molecule has 0 aromatic carbocycles. The van der Waals surface area contributed by atoms with Crippen LogP contribution in [0.3, 0.4) is 0 Å². The average Bonchev–Trinajstić information content (AvgIpc) is 2.66. The lowest BCUT2D eigenvalue weighted by Crippen LogP contribution is -2.72. The summed E-state index contributed by atoms with van der Waals surface area (Å²) in [5.74, 6) is 3.70. The molecular formula is C17H22N3O+. The minimum atomic E-state index is 0.710. The first kappa shape index (κ1) is 13.1. The molecule has 1 aromatic heterocycles. The van der Waals surface area contributed by atoms with Gasteiger partial charge in [0.15, 0.2) is 0 Å². The van der Waals surface area contributed by atoms with Gasteiger partial charge in [0.1, 0.15) is 37.2 Å². The van der Waals surface area contributed by atoms with Crippen molar-refractivity contribution >= 4 is 5.82 Å². The van der Waals surface area contributed by atoms with Gasteiger partial charge >= 0.3 is 0 Å². The summed E-state index contributed by atoms with van der Waals surface area (Å²) in [6, 6.07) is 6.20. The van der Waals surface area contributed by atoms with Crippen molar-refractivity contribution < 1.29 is 9.22 Å². The second-order valence-corrected chi connectivity index (χ2v) is 6.75. The largest absolute Gasteiger partial charge is 0.369 e. The molecule has 3 aliphatic rings. The molecule has 4 heteroatoms. The number of pyridine rings is 1. The number of anilines is 1. The van der Waals surface area contributed by atoms with Crippen molar-refractivity contribution in [2.24, 2.45) is 0 Å². The first-order valence-corrected chi connectivity index (χ1v) is 7.82. The molecule has 3 saturated heterocycles. The number of terminal acetylenes is 1. The molecule has 0 aliphatic carbocycles. The molecule has 0 N–H and O–H groups in total. The number of nitrogens with zero attached hydrogens (tertiary/aromatic N) is 3. The van der Waals surface area contributed by atoms with E-state index in [1.807, 2.05) is 6.07 Å². The number of piperazine rings is 1. The maximum atomic E-state index is 5.45. The van der Waals surface area contributed by atoms with E-state index in [1.165, 1.54) is 17.3 Å². The number of hydrogen-bond acceptors (Lipinski definition) is 3. The molecule has 110 valence electrons. The Kier molecular flexibility index (Phi) is 2.95. The van der Waals surface area contributed by atoms with Crippen LogP contribution in [-0.2, 0) is 4.74 Å². The zero-order valence-corrected chi connectivity index (χ0v) is 12.5. The molecule has 3 aliphatic heterocycles. The lowest BCUT2D eigenvalue weighted by molar-refractivity contribution is -0.974. The van der Waals surface area contributed by atoms with Crippen LogP contribution in [-0.4, -0.2) is 60.9 Å². The highest BCUT2D eigenvalue weighted by molar-refractivity contribution is 5.43. The maximum Gasteiger partial charge on any atom is 0.137 e. The van der Waals surface area contributed by atoms with Gasteiger partial charge in [-0.15, -0.1) is 6.42 Å². The highest BCUT2D eigenvalue weighted by atomic mass is 16.5. The minimum Gasteiger partial charge on any atom is -0.369 e. The summed E-state index contributed by atoms with van der Waals surface area (Å²) in [4.78, 5) is 6.99. The summed E-state index contributed by atoms with van der Waals surface area (Å²) < 4.78 is 6.68. The van der Waals surface area contributed by atoms with E-state index >= 15 is 0 Å². The van der Waals surface area contributed by atoms with E-state index in [9.17, 15) is 0 Å². The van der Waals surface area contributed by atoms with Crippen LogP contribution in [0, 0.1) is 12.3 Å². The van der Waals surface area contributed by atoms with E-state index in [1.54, 1.807) is 6.20 Å². The molecule has 2 unspecified atom stereocenters. The first-order chi connectivity index (χ1) is 10.2. The molecule has 4 rings (SSSR count). The topological polar surface area (TPSA) is 25.4 Å². The van der Waals surface area contributed by atoms with Crippen molar-refractivity contribution in [1.82, 2.24) is 4.98 Å². The van der Waals surface area contributed by atoms with Crippen molar-refractivity contribution in [3.8, 4) is 12.3 Å². The van der Waals surface area contributed by atoms with Gasteiger partial charge in [-0.25, -0.2) is 4.98 Å². The second kappa shape index (κ2) is 4.72. The third-order valence-electron chi connectivity index (χ3n) is 5.91. The Morgan fingerprint density at radius 2 is 1.95 bits per heavy atom. The second-order valence-electron chi connectivity index (χ2n) is 6.75. The molecule has 21 heavy (non-hydrogen) atoms. The van der Waals surface area contributed by atoms with Crippen molar-refractivity contribution in [2.45, 2.75) is 31.0 Å². The van der Waals surface area contributed by atoms with Crippen molar-refractivity contribution in [3.05, 3.63) is 23.9 Å². The van der Waals surface area contributed by atoms with Gasteiger partial charge < -0.3 is 14.1 Å². The molecule has 1 aromatic rings. The van der Waals surface area contributed by atoms with E-state index in [0.29, 0.717) is 18.1 Å². The van der Waals surface area contributed by atoms with Crippen molar-refractivity contribution in [2.75, 3.05) is 38.3 Å². The molecule has 2 atom stereocenters. The summed E-state index contributed by atoms with van der Waals surface area (Å²) in [5.41, 5.74) is 0.853. The fourth-order valence-corrected chi connectivity index (χ4v) is 4.34. The maximum absolute atomic E-state index is 5.45. The van der Waals surface area contributed by atoms with E-state index < -0.39 is 0 Å². The molecule has 0 amide bonds. The zero-order chi connectivity index (χ0) is 14.4. The van der Waals surface area contributed by atoms with Gasteiger partial charge in [-0.1, -0.05) is 5.92 Å². The van der Waals surface area contributed by atoms with Gasteiger partial charge in [-0.3, -0.25) is 0 Å². The number of likely N-dealkylation sites (N-methyl/N-ethyl adjacent to an activating group) is 1. The van der Waals surface area contributed by atoms with Crippen LogP contribution in [0.1, 0.15) is 18.4 Å². The average molecular weight is 284 g/mol.